The second-order valence-electron chi connectivity index (χ2n) is 4.70. The van der Waals surface area contributed by atoms with Crippen molar-refractivity contribution in [3.8, 4) is 0 Å². The Morgan fingerprint density at radius 2 is 2.06 bits per heavy atom. The predicted molar refractivity (Wildman–Crippen MR) is 76.0 cm³/mol. The largest absolute Gasteiger partial charge is 0.300 e. The van der Waals surface area contributed by atoms with Crippen molar-refractivity contribution < 1.29 is 4.39 Å². The highest BCUT2D eigenvalue weighted by molar-refractivity contribution is 6.10. The first-order valence-corrected chi connectivity index (χ1v) is 6.52. The first kappa shape index (κ1) is 14.6. The van der Waals surface area contributed by atoms with Gasteiger partial charge in [-0.1, -0.05) is 19.4 Å². The summed E-state index contributed by atoms with van der Waals surface area (Å²) in [5.74, 6) is -0.174. The van der Waals surface area contributed by atoms with Crippen LogP contribution >= 0.6 is 0 Å². The van der Waals surface area contributed by atoms with Crippen molar-refractivity contribution in [3.63, 3.8) is 0 Å². The summed E-state index contributed by atoms with van der Waals surface area (Å²) < 4.78 is 14.0. The van der Waals surface area contributed by atoms with E-state index < -0.39 is 0 Å². The van der Waals surface area contributed by atoms with E-state index in [4.69, 9.17) is 5.41 Å². The number of benzene rings is 1. The Labute approximate surface area is 109 Å². The molecule has 0 aliphatic carbocycles. The van der Waals surface area contributed by atoms with Crippen LogP contribution in [0.3, 0.4) is 0 Å². The lowest BCUT2D eigenvalue weighted by Crippen LogP contribution is -2.05. The zero-order chi connectivity index (χ0) is 13.7. The highest BCUT2D eigenvalue weighted by Gasteiger charge is 2.11. The molecule has 0 aromatic heterocycles. The van der Waals surface area contributed by atoms with Crippen LogP contribution in [0.2, 0.25) is 0 Å². The van der Waals surface area contributed by atoms with Crippen molar-refractivity contribution in [2.45, 2.75) is 47.0 Å². The highest BCUT2D eigenvalue weighted by atomic mass is 19.1. The summed E-state index contributed by atoms with van der Waals surface area (Å²) in [6, 6.07) is 3.41. The summed E-state index contributed by atoms with van der Waals surface area (Å²) >= 11 is 0. The van der Waals surface area contributed by atoms with Crippen molar-refractivity contribution in [2.75, 3.05) is 0 Å². The third-order valence-electron chi connectivity index (χ3n) is 3.31. The summed E-state index contributed by atoms with van der Waals surface area (Å²) in [5, 5.41) is 8.00. The molecule has 0 saturated heterocycles. The van der Waals surface area contributed by atoms with Gasteiger partial charge in [0, 0.05) is 5.56 Å². The topological polar surface area (TPSA) is 23.9 Å². The van der Waals surface area contributed by atoms with Crippen LogP contribution in [0.4, 0.5) is 4.39 Å². The Morgan fingerprint density at radius 1 is 1.39 bits per heavy atom. The molecule has 2 heteroatoms. The highest BCUT2D eigenvalue weighted by Crippen LogP contribution is 2.20. The molecule has 1 aromatic carbocycles. The van der Waals surface area contributed by atoms with Crippen LogP contribution < -0.4 is 0 Å². The lowest BCUT2D eigenvalue weighted by molar-refractivity contribution is 0.600. The molecular formula is C16H22FN. The van der Waals surface area contributed by atoms with Gasteiger partial charge in [0.05, 0.1) is 5.71 Å². The van der Waals surface area contributed by atoms with E-state index in [-0.39, 0.29) is 5.82 Å². The maximum absolute atomic E-state index is 14.0. The minimum Gasteiger partial charge on any atom is -0.300 e. The van der Waals surface area contributed by atoms with Crippen LogP contribution in [0.1, 0.15) is 50.3 Å². The molecule has 0 unspecified atom stereocenters. The average molecular weight is 247 g/mol. The van der Waals surface area contributed by atoms with Gasteiger partial charge in [-0.25, -0.2) is 4.39 Å². The molecule has 1 rings (SSSR count). The van der Waals surface area contributed by atoms with Crippen LogP contribution in [-0.2, 0) is 6.42 Å². The third-order valence-corrected chi connectivity index (χ3v) is 3.31. The second-order valence-corrected chi connectivity index (χ2v) is 4.70. The van der Waals surface area contributed by atoms with Gasteiger partial charge in [-0.05, 0) is 62.4 Å². The number of unbranched alkanes of at least 4 members (excludes halogenated alkanes) is 1. The van der Waals surface area contributed by atoms with E-state index in [1.165, 1.54) is 6.07 Å². The summed E-state index contributed by atoms with van der Waals surface area (Å²) in [6.45, 7) is 7.80. The first-order chi connectivity index (χ1) is 8.51. The van der Waals surface area contributed by atoms with Crippen LogP contribution in [0.5, 0.6) is 0 Å². The van der Waals surface area contributed by atoms with E-state index in [2.05, 4.69) is 6.92 Å². The summed E-state index contributed by atoms with van der Waals surface area (Å²) in [7, 11) is 0. The van der Waals surface area contributed by atoms with Gasteiger partial charge in [0.15, 0.2) is 0 Å². The van der Waals surface area contributed by atoms with Crippen LogP contribution in [0.25, 0.3) is 0 Å². The maximum Gasteiger partial charge on any atom is 0.127 e. The van der Waals surface area contributed by atoms with Crippen LogP contribution in [0.15, 0.2) is 23.8 Å². The van der Waals surface area contributed by atoms with Crippen molar-refractivity contribution in [3.05, 3.63) is 46.3 Å². The quantitative estimate of drug-likeness (QED) is 0.722. The van der Waals surface area contributed by atoms with Gasteiger partial charge in [-0.15, -0.1) is 0 Å². The smallest absolute Gasteiger partial charge is 0.127 e. The molecule has 1 nitrogen and oxygen atoms in total. The molecule has 0 atom stereocenters. The number of hydrogen-bond donors (Lipinski definition) is 1. The second kappa shape index (κ2) is 6.48. The van der Waals surface area contributed by atoms with Crippen molar-refractivity contribution in [2.24, 2.45) is 0 Å². The number of rotatable bonds is 5. The Morgan fingerprint density at radius 3 is 2.56 bits per heavy atom. The molecule has 98 valence electrons. The molecule has 0 aliphatic heterocycles. The van der Waals surface area contributed by atoms with Gasteiger partial charge in [0.2, 0.25) is 0 Å². The zero-order valence-electron chi connectivity index (χ0n) is 11.7. The monoisotopic (exact) mass is 247 g/mol. The molecular weight excluding hydrogens is 225 g/mol. The number of hydrogen-bond acceptors (Lipinski definition) is 1. The van der Waals surface area contributed by atoms with Gasteiger partial charge in [0.1, 0.15) is 5.82 Å². The molecule has 0 aliphatic rings. The van der Waals surface area contributed by atoms with E-state index >= 15 is 0 Å². The summed E-state index contributed by atoms with van der Waals surface area (Å²) in [4.78, 5) is 0. The van der Waals surface area contributed by atoms with Crippen LogP contribution in [0, 0.1) is 18.2 Å². The van der Waals surface area contributed by atoms with Gasteiger partial charge < -0.3 is 5.41 Å². The maximum atomic E-state index is 14.0. The fourth-order valence-electron chi connectivity index (χ4n) is 1.96. The SMILES string of the molecule is C/C=C(/C)C(=N)c1cc(C)c(CCCC)c(F)c1. The molecule has 0 saturated carbocycles. The van der Waals surface area contributed by atoms with Crippen molar-refractivity contribution in [1.29, 1.82) is 5.41 Å². The zero-order valence-corrected chi connectivity index (χ0v) is 11.7. The minimum absolute atomic E-state index is 0.174. The predicted octanol–water partition coefficient (Wildman–Crippen LogP) is 4.81. The van der Waals surface area contributed by atoms with E-state index in [1.807, 2.05) is 32.9 Å². The van der Waals surface area contributed by atoms with Crippen molar-refractivity contribution >= 4 is 5.71 Å². The molecule has 0 heterocycles. The van der Waals surface area contributed by atoms with Crippen LogP contribution in [-0.4, -0.2) is 5.71 Å². The Kier molecular flexibility index (Phi) is 5.26. The molecule has 0 spiro atoms. The Balaban J connectivity index is 3.10. The molecule has 0 bridgehead atoms. The number of allylic oxidation sites excluding steroid dienone is 2. The lowest BCUT2D eigenvalue weighted by atomic mass is 9.96. The number of halogens is 1. The summed E-state index contributed by atoms with van der Waals surface area (Å²) in [6.07, 6.45) is 4.72. The molecule has 0 amide bonds. The number of aryl methyl sites for hydroxylation is 1. The van der Waals surface area contributed by atoms with Gasteiger partial charge in [0.25, 0.3) is 0 Å². The average Bonchev–Trinajstić information content (AvgIpc) is 2.35. The van der Waals surface area contributed by atoms with E-state index in [9.17, 15) is 4.39 Å². The fraction of sp³-hybridized carbons (Fsp3) is 0.438. The van der Waals surface area contributed by atoms with Crippen molar-refractivity contribution in [1.82, 2.24) is 0 Å². The first-order valence-electron chi connectivity index (χ1n) is 6.52. The summed E-state index contributed by atoms with van der Waals surface area (Å²) in [5.41, 5.74) is 3.69. The van der Waals surface area contributed by atoms with Gasteiger partial charge in [-0.2, -0.15) is 0 Å². The standard InChI is InChI=1S/C16H22FN/c1-5-7-8-14-12(4)9-13(10-15(14)17)16(18)11(3)6-2/h6,9-10,18H,5,7-8H2,1-4H3/b11-6-,18-16?. The van der Waals surface area contributed by atoms with E-state index in [0.29, 0.717) is 11.3 Å². The normalized spacial score (nSPS) is 11.7. The Hall–Kier alpha value is -1.44. The van der Waals surface area contributed by atoms with Gasteiger partial charge >= 0.3 is 0 Å². The number of nitrogens with one attached hydrogen (secondary N) is 1. The third kappa shape index (κ3) is 3.28. The molecule has 1 N–H and O–H groups in total. The fourth-order valence-corrected chi connectivity index (χ4v) is 1.96. The molecule has 18 heavy (non-hydrogen) atoms. The van der Waals surface area contributed by atoms with E-state index in [1.54, 1.807) is 0 Å². The van der Waals surface area contributed by atoms with Gasteiger partial charge in [-0.3, -0.25) is 0 Å². The molecule has 1 aromatic rings. The lowest BCUT2D eigenvalue weighted by Gasteiger charge is -2.11. The molecule has 0 radical (unpaired) electrons. The van der Waals surface area contributed by atoms with E-state index in [0.717, 1.165) is 36.0 Å². The molecule has 0 fully saturated rings. The minimum atomic E-state index is -0.174. The Bertz CT molecular complexity index is 449.